The van der Waals surface area contributed by atoms with E-state index in [-0.39, 0.29) is 0 Å². The van der Waals surface area contributed by atoms with Crippen molar-refractivity contribution in [2.45, 2.75) is 66.0 Å². The van der Waals surface area contributed by atoms with Crippen molar-refractivity contribution in [1.82, 2.24) is 15.5 Å². The maximum Gasteiger partial charge on any atom is 0.0518 e. The Bertz CT molecular complexity index is 362. The first kappa shape index (κ1) is 13.6. The zero-order valence-electron chi connectivity index (χ0n) is 12.4. The van der Waals surface area contributed by atoms with Gasteiger partial charge in [-0.25, -0.2) is 0 Å². The molecule has 3 heteroatoms. The molecule has 2 N–H and O–H groups in total. The lowest BCUT2D eigenvalue weighted by Crippen LogP contribution is -2.44. The lowest BCUT2D eigenvalue weighted by Gasteiger charge is -2.46. The van der Waals surface area contributed by atoms with Crippen molar-refractivity contribution in [1.29, 1.82) is 0 Å². The van der Waals surface area contributed by atoms with Crippen molar-refractivity contribution in [3.05, 3.63) is 18.0 Å². The topological polar surface area (TPSA) is 40.7 Å². The van der Waals surface area contributed by atoms with Crippen LogP contribution in [0.3, 0.4) is 0 Å². The fourth-order valence-electron chi connectivity index (χ4n) is 3.92. The predicted octanol–water partition coefficient (Wildman–Crippen LogP) is 3.67. The Morgan fingerprint density at radius 3 is 2.39 bits per heavy atom. The summed E-state index contributed by atoms with van der Waals surface area (Å²) in [5.74, 6) is 0. The van der Waals surface area contributed by atoms with Crippen molar-refractivity contribution in [3.63, 3.8) is 0 Å². The normalized spacial score (nSPS) is 24.9. The smallest absolute Gasteiger partial charge is 0.0518 e. The van der Waals surface area contributed by atoms with E-state index in [1.165, 1.54) is 25.0 Å². The van der Waals surface area contributed by atoms with Crippen LogP contribution in [0.2, 0.25) is 0 Å². The zero-order valence-corrected chi connectivity index (χ0v) is 12.4. The van der Waals surface area contributed by atoms with E-state index < -0.39 is 0 Å². The second-order valence-corrected chi connectivity index (χ2v) is 7.51. The molecule has 102 valence electrons. The SMILES string of the molecule is CC(NC1CC(C)(C)CC(C)(C)C1)c1ccn[nH]1. The third-order valence-corrected chi connectivity index (χ3v) is 4.03. The summed E-state index contributed by atoms with van der Waals surface area (Å²) in [7, 11) is 0. The van der Waals surface area contributed by atoms with E-state index in [4.69, 9.17) is 0 Å². The lowest BCUT2D eigenvalue weighted by atomic mass is 9.63. The number of hydrogen-bond donors (Lipinski definition) is 2. The van der Waals surface area contributed by atoms with Crippen LogP contribution < -0.4 is 5.32 Å². The molecule has 1 saturated carbocycles. The highest BCUT2D eigenvalue weighted by atomic mass is 15.1. The van der Waals surface area contributed by atoms with Gasteiger partial charge in [0.15, 0.2) is 0 Å². The molecular weight excluding hydrogens is 222 g/mol. The third kappa shape index (κ3) is 3.35. The fourth-order valence-corrected chi connectivity index (χ4v) is 3.92. The molecule has 1 aliphatic rings. The Kier molecular flexibility index (Phi) is 3.54. The summed E-state index contributed by atoms with van der Waals surface area (Å²) < 4.78 is 0. The molecule has 0 amide bonds. The van der Waals surface area contributed by atoms with Crippen molar-refractivity contribution in [3.8, 4) is 0 Å². The molecule has 0 spiro atoms. The summed E-state index contributed by atoms with van der Waals surface area (Å²) in [5.41, 5.74) is 2.05. The van der Waals surface area contributed by atoms with Crippen LogP contribution in [0.5, 0.6) is 0 Å². The first-order valence-electron chi connectivity index (χ1n) is 7.03. The summed E-state index contributed by atoms with van der Waals surface area (Å²) in [6, 6.07) is 3.00. The molecule has 1 heterocycles. The number of H-pyrrole nitrogens is 1. The van der Waals surface area contributed by atoms with Gasteiger partial charge in [-0.15, -0.1) is 0 Å². The van der Waals surface area contributed by atoms with Crippen LogP contribution >= 0.6 is 0 Å². The molecular formula is C15H27N3. The first-order chi connectivity index (χ1) is 8.27. The minimum atomic E-state index is 0.349. The Hall–Kier alpha value is -0.830. The highest BCUT2D eigenvalue weighted by Crippen LogP contribution is 2.46. The average molecular weight is 249 g/mol. The van der Waals surface area contributed by atoms with E-state index >= 15 is 0 Å². The van der Waals surface area contributed by atoms with Crippen LogP contribution in [0.1, 0.15) is 65.6 Å². The molecule has 3 nitrogen and oxygen atoms in total. The summed E-state index contributed by atoms with van der Waals surface area (Å²) >= 11 is 0. The summed E-state index contributed by atoms with van der Waals surface area (Å²) in [6.45, 7) is 11.8. The fraction of sp³-hybridized carbons (Fsp3) is 0.800. The molecule has 0 aromatic carbocycles. The second-order valence-electron chi connectivity index (χ2n) is 7.51. The minimum absolute atomic E-state index is 0.349. The quantitative estimate of drug-likeness (QED) is 0.858. The van der Waals surface area contributed by atoms with Gasteiger partial charge < -0.3 is 5.32 Å². The van der Waals surface area contributed by atoms with Crippen LogP contribution in [0, 0.1) is 10.8 Å². The van der Waals surface area contributed by atoms with Gasteiger partial charge in [0.25, 0.3) is 0 Å². The third-order valence-electron chi connectivity index (χ3n) is 4.03. The van der Waals surface area contributed by atoms with Crippen molar-refractivity contribution in [2.24, 2.45) is 10.8 Å². The molecule has 1 aliphatic carbocycles. The van der Waals surface area contributed by atoms with Gasteiger partial charge in [-0.3, -0.25) is 5.10 Å². The molecule has 1 atom stereocenters. The van der Waals surface area contributed by atoms with E-state index in [1.54, 1.807) is 0 Å². The number of rotatable bonds is 3. The van der Waals surface area contributed by atoms with Gasteiger partial charge >= 0.3 is 0 Å². The Labute approximate surface area is 111 Å². The van der Waals surface area contributed by atoms with E-state index in [2.05, 4.69) is 56.2 Å². The summed E-state index contributed by atoms with van der Waals surface area (Å²) in [4.78, 5) is 0. The number of aromatic nitrogens is 2. The van der Waals surface area contributed by atoms with Crippen molar-refractivity contribution >= 4 is 0 Å². The second kappa shape index (κ2) is 4.69. The maximum absolute atomic E-state index is 4.03. The average Bonchev–Trinajstić information content (AvgIpc) is 2.63. The highest BCUT2D eigenvalue weighted by molar-refractivity contribution is 5.04. The van der Waals surface area contributed by atoms with E-state index in [9.17, 15) is 0 Å². The first-order valence-corrected chi connectivity index (χ1v) is 7.03. The molecule has 1 aromatic heterocycles. The summed E-state index contributed by atoms with van der Waals surface area (Å²) in [5, 5.41) is 10.8. The van der Waals surface area contributed by atoms with Crippen molar-refractivity contribution in [2.75, 3.05) is 0 Å². The van der Waals surface area contributed by atoms with Gasteiger partial charge in [0.1, 0.15) is 0 Å². The van der Waals surface area contributed by atoms with Crippen LogP contribution in [0.4, 0.5) is 0 Å². The van der Waals surface area contributed by atoms with Crippen molar-refractivity contribution < 1.29 is 0 Å². The van der Waals surface area contributed by atoms with Gasteiger partial charge in [0, 0.05) is 18.3 Å². The van der Waals surface area contributed by atoms with Gasteiger partial charge in [-0.2, -0.15) is 5.10 Å². The van der Waals surface area contributed by atoms with E-state index in [1.807, 2.05) is 6.20 Å². The van der Waals surface area contributed by atoms with Crippen LogP contribution in [0.25, 0.3) is 0 Å². The molecule has 0 saturated heterocycles. The molecule has 0 radical (unpaired) electrons. The van der Waals surface area contributed by atoms with Gasteiger partial charge in [-0.05, 0) is 43.1 Å². The molecule has 1 unspecified atom stereocenters. The Morgan fingerprint density at radius 1 is 1.28 bits per heavy atom. The monoisotopic (exact) mass is 249 g/mol. The standard InChI is InChI=1S/C15H27N3/c1-11(13-6-7-16-18-13)17-12-8-14(2,3)10-15(4,5)9-12/h6-7,11-12,17H,8-10H2,1-5H3,(H,16,18). The molecule has 1 fully saturated rings. The number of aromatic amines is 1. The largest absolute Gasteiger partial charge is 0.306 e. The van der Waals surface area contributed by atoms with Crippen LogP contribution in [0.15, 0.2) is 12.3 Å². The van der Waals surface area contributed by atoms with Gasteiger partial charge in [0.2, 0.25) is 0 Å². The predicted molar refractivity (Wildman–Crippen MR) is 75.3 cm³/mol. The highest BCUT2D eigenvalue weighted by Gasteiger charge is 2.38. The molecule has 18 heavy (non-hydrogen) atoms. The lowest BCUT2D eigenvalue weighted by molar-refractivity contribution is 0.0809. The van der Waals surface area contributed by atoms with Gasteiger partial charge in [-0.1, -0.05) is 27.7 Å². The molecule has 1 aromatic rings. The Morgan fingerprint density at radius 2 is 1.89 bits per heavy atom. The van der Waals surface area contributed by atoms with Crippen LogP contribution in [-0.4, -0.2) is 16.2 Å². The number of nitrogens with one attached hydrogen (secondary N) is 2. The number of nitrogens with zero attached hydrogens (tertiary/aromatic N) is 1. The summed E-state index contributed by atoms with van der Waals surface area (Å²) in [6.07, 6.45) is 5.66. The van der Waals surface area contributed by atoms with Crippen LogP contribution in [-0.2, 0) is 0 Å². The Balaban J connectivity index is 2.01. The molecule has 0 aliphatic heterocycles. The zero-order chi connectivity index (χ0) is 13.4. The molecule has 2 rings (SSSR count). The number of hydrogen-bond acceptors (Lipinski definition) is 2. The van der Waals surface area contributed by atoms with E-state index in [0.29, 0.717) is 22.9 Å². The maximum atomic E-state index is 4.03. The van der Waals surface area contributed by atoms with Gasteiger partial charge in [0.05, 0.1) is 5.69 Å². The molecule has 0 bridgehead atoms. The van der Waals surface area contributed by atoms with E-state index in [0.717, 1.165) is 0 Å². The minimum Gasteiger partial charge on any atom is -0.306 e.